The van der Waals surface area contributed by atoms with Crippen molar-refractivity contribution in [2.45, 2.75) is 72.1 Å². The van der Waals surface area contributed by atoms with Gasteiger partial charge in [-0.05, 0) is 56.9 Å². The number of fused-ring (bicyclic) bond motifs is 1. The first kappa shape index (κ1) is 16.8. The van der Waals surface area contributed by atoms with Gasteiger partial charge >= 0.3 is 0 Å². The Morgan fingerprint density at radius 1 is 1.50 bits per heavy atom. The average Bonchev–Trinajstić information content (AvgIpc) is 2.42. The summed E-state index contributed by atoms with van der Waals surface area (Å²) < 4.78 is 6.33. The Bertz CT molecular complexity index is 595. The number of carbonyl (C=O) groups excluding carboxylic acids is 1. The van der Waals surface area contributed by atoms with Crippen LogP contribution in [0.4, 0.5) is 0 Å². The fourth-order valence-electron chi connectivity index (χ4n) is 3.23. The lowest BCUT2D eigenvalue weighted by Crippen LogP contribution is -2.43. The number of benzene rings is 1. The lowest BCUT2D eigenvalue weighted by Gasteiger charge is -2.41. The molecule has 0 bridgehead atoms. The molecule has 0 saturated carbocycles. The van der Waals surface area contributed by atoms with E-state index in [-0.39, 0.29) is 23.6 Å². The molecule has 1 heterocycles. The second-order valence-electron chi connectivity index (χ2n) is 6.79. The molecule has 1 aliphatic heterocycles. The van der Waals surface area contributed by atoms with Gasteiger partial charge in [0.15, 0.2) is 0 Å². The molecule has 22 heavy (non-hydrogen) atoms. The van der Waals surface area contributed by atoms with Crippen LogP contribution in [0, 0.1) is 13.8 Å². The Morgan fingerprint density at radius 3 is 2.64 bits per heavy atom. The fraction of sp³-hybridized carbons (Fsp3) is 0.611. The van der Waals surface area contributed by atoms with Gasteiger partial charge in [-0.15, -0.1) is 0 Å². The van der Waals surface area contributed by atoms with E-state index in [1.807, 2.05) is 6.92 Å². The summed E-state index contributed by atoms with van der Waals surface area (Å²) in [6.07, 6.45) is 1.67. The van der Waals surface area contributed by atoms with Crippen molar-refractivity contribution in [3.8, 4) is 5.75 Å². The molecule has 3 atom stereocenters. The van der Waals surface area contributed by atoms with Crippen molar-refractivity contribution >= 4 is 5.91 Å². The van der Waals surface area contributed by atoms with Crippen LogP contribution < -0.4 is 15.8 Å². The van der Waals surface area contributed by atoms with Crippen LogP contribution in [0.25, 0.3) is 0 Å². The van der Waals surface area contributed by atoms with Gasteiger partial charge in [0.25, 0.3) is 0 Å². The van der Waals surface area contributed by atoms with Crippen LogP contribution in [-0.2, 0) is 4.79 Å². The number of nitrogens with one attached hydrogen (secondary N) is 1. The van der Waals surface area contributed by atoms with Gasteiger partial charge in [-0.1, -0.05) is 6.92 Å². The zero-order chi connectivity index (χ0) is 16.7. The zero-order valence-electron chi connectivity index (χ0n) is 14.5. The molecule has 0 saturated heterocycles. The Morgan fingerprint density at radius 2 is 2.14 bits per heavy atom. The molecule has 2 rings (SSSR count). The first-order valence-corrected chi connectivity index (χ1v) is 8.04. The van der Waals surface area contributed by atoms with E-state index in [0.29, 0.717) is 0 Å². The van der Waals surface area contributed by atoms with E-state index in [2.05, 4.69) is 39.1 Å². The molecule has 0 radical (unpaired) electrons. The smallest absolute Gasteiger partial charge is 0.217 e. The summed E-state index contributed by atoms with van der Waals surface area (Å²) in [6, 6.07) is 2.04. The van der Waals surface area contributed by atoms with E-state index in [9.17, 15) is 4.79 Å². The van der Waals surface area contributed by atoms with Crippen LogP contribution in [0.2, 0.25) is 0 Å². The average molecular weight is 304 g/mol. The van der Waals surface area contributed by atoms with Gasteiger partial charge in [0, 0.05) is 24.9 Å². The molecule has 0 aromatic heterocycles. The molecule has 3 N–H and O–H groups in total. The number of amides is 1. The predicted molar refractivity (Wildman–Crippen MR) is 89.0 cm³/mol. The van der Waals surface area contributed by atoms with E-state index in [0.717, 1.165) is 35.3 Å². The van der Waals surface area contributed by atoms with Gasteiger partial charge in [-0.3, -0.25) is 4.79 Å². The molecular weight excluding hydrogens is 276 g/mol. The first-order valence-electron chi connectivity index (χ1n) is 8.04. The van der Waals surface area contributed by atoms with Crippen molar-refractivity contribution in [1.29, 1.82) is 0 Å². The molecule has 1 aromatic carbocycles. The van der Waals surface area contributed by atoms with E-state index >= 15 is 0 Å². The number of nitrogens with two attached hydrogens (primary N) is 1. The molecule has 0 aliphatic carbocycles. The third kappa shape index (κ3) is 2.98. The highest BCUT2D eigenvalue weighted by molar-refractivity contribution is 5.74. The maximum absolute atomic E-state index is 11.6. The molecule has 1 aliphatic rings. The minimum absolute atomic E-state index is 0.0168. The molecule has 0 fully saturated rings. The lowest BCUT2D eigenvalue weighted by atomic mass is 9.83. The van der Waals surface area contributed by atoms with Crippen molar-refractivity contribution in [1.82, 2.24) is 5.32 Å². The SMILES string of the molecule is CCC1(C)CC(NC(C)=O)c2cc(C(C)N)c(C)c(C)c2O1. The van der Waals surface area contributed by atoms with Crippen LogP contribution in [0.3, 0.4) is 0 Å². The summed E-state index contributed by atoms with van der Waals surface area (Å²) in [7, 11) is 0. The maximum atomic E-state index is 11.6. The molecule has 4 nitrogen and oxygen atoms in total. The third-order valence-electron chi connectivity index (χ3n) is 4.89. The van der Waals surface area contributed by atoms with E-state index in [1.165, 1.54) is 5.56 Å². The summed E-state index contributed by atoms with van der Waals surface area (Å²) in [4.78, 5) is 11.6. The van der Waals surface area contributed by atoms with Crippen LogP contribution in [0.15, 0.2) is 6.07 Å². The quantitative estimate of drug-likeness (QED) is 0.899. The van der Waals surface area contributed by atoms with E-state index < -0.39 is 0 Å². The lowest BCUT2D eigenvalue weighted by molar-refractivity contribution is -0.120. The van der Waals surface area contributed by atoms with Gasteiger partial charge in [0.1, 0.15) is 11.4 Å². The number of hydrogen-bond acceptors (Lipinski definition) is 3. The Hall–Kier alpha value is -1.55. The van der Waals surface area contributed by atoms with Gasteiger partial charge in [0.05, 0.1) is 6.04 Å². The number of ether oxygens (including phenoxy) is 1. The highest BCUT2D eigenvalue weighted by Gasteiger charge is 2.38. The Labute approximate surface area is 133 Å². The van der Waals surface area contributed by atoms with E-state index in [4.69, 9.17) is 10.5 Å². The highest BCUT2D eigenvalue weighted by atomic mass is 16.5. The second-order valence-corrected chi connectivity index (χ2v) is 6.79. The number of carbonyl (C=O) groups is 1. The maximum Gasteiger partial charge on any atom is 0.217 e. The summed E-state index contributed by atoms with van der Waals surface area (Å²) in [5.74, 6) is 0.896. The zero-order valence-corrected chi connectivity index (χ0v) is 14.5. The molecule has 4 heteroatoms. The van der Waals surface area contributed by atoms with Crippen molar-refractivity contribution in [2.24, 2.45) is 5.73 Å². The Kier molecular flexibility index (Phi) is 4.52. The largest absolute Gasteiger partial charge is 0.487 e. The molecule has 3 unspecified atom stereocenters. The van der Waals surface area contributed by atoms with Gasteiger partial charge in [0.2, 0.25) is 5.91 Å². The molecule has 1 aromatic rings. The standard InChI is InChI=1S/C18H28N2O2/c1-7-18(6)9-16(20-13(5)21)15-8-14(12(4)19)10(2)11(3)17(15)22-18/h8,12,16H,7,9,19H2,1-6H3,(H,20,21). The highest BCUT2D eigenvalue weighted by Crippen LogP contribution is 2.45. The summed E-state index contributed by atoms with van der Waals surface area (Å²) >= 11 is 0. The Balaban J connectivity index is 2.61. The van der Waals surface area contributed by atoms with Crippen molar-refractivity contribution in [2.75, 3.05) is 0 Å². The van der Waals surface area contributed by atoms with Crippen LogP contribution >= 0.6 is 0 Å². The first-order chi connectivity index (χ1) is 10.2. The third-order valence-corrected chi connectivity index (χ3v) is 4.89. The summed E-state index contributed by atoms with van der Waals surface area (Å²) in [6.45, 7) is 11.9. The number of rotatable bonds is 3. The molecule has 122 valence electrons. The van der Waals surface area contributed by atoms with Gasteiger partial charge < -0.3 is 15.8 Å². The topological polar surface area (TPSA) is 64.4 Å². The predicted octanol–water partition coefficient (Wildman–Crippen LogP) is 3.45. The van der Waals surface area contributed by atoms with Gasteiger partial charge in [-0.25, -0.2) is 0 Å². The fourth-order valence-corrected chi connectivity index (χ4v) is 3.23. The van der Waals surface area contributed by atoms with Crippen molar-refractivity contribution < 1.29 is 9.53 Å². The van der Waals surface area contributed by atoms with Crippen molar-refractivity contribution in [3.63, 3.8) is 0 Å². The molecule has 1 amide bonds. The van der Waals surface area contributed by atoms with E-state index in [1.54, 1.807) is 6.92 Å². The van der Waals surface area contributed by atoms with Crippen LogP contribution in [-0.4, -0.2) is 11.5 Å². The number of hydrogen-bond donors (Lipinski definition) is 2. The summed E-state index contributed by atoms with van der Waals surface area (Å²) in [5.41, 5.74) is 10.3. The molecular formula is C18H28N2O2. The summed E-state index contributed by atoms with van der Waals surface area (Å²) in [5, 5.41) is 3.08. The van der Waals surface area contributed by atoms with Crippen molar-refractivity contribution in [3.05, 3.63) is 28.3 Å². The normalized spacial score (nSPS) is 25.1. The minimum Gasteiger partial charge on any atom is -0.487 e. The molecule has 0 spiro atoms. The monoisotopic (exact) mass is 304 g/mol. The van der Waals surface area contributed by atoms with Crippen LogP contribution in [0.1, 0.15) is 74.9 Å². The van der Waals surface area contributed by atoms with Crippen LogP contribution in [0.5, 0.6) is 5.75 Å². The second kappa shape index (κ2) is 5.92. The minimum atomic E-state index is -0.257. The van der Waals surface area contributed by atoms with Gasteiger partial charge in [-0.2, -0.15) is 0 Å².